The van der Waals surface area contributed by atoms with Crippen LogP contribution in [0.15, 0.2) is 64.6 Å². The number of nitrogens with one attached hydrogen (secondary N) is 1. The van der Waals surface area contributed by atoms with E-state index in [2.05, 4.69) is 21.2 Å². The quantitative estimate of drug-likeness (QED) is 0.124. The van der Waals surface area contributed by atoms with Gasteiger partial charge in [0.2, 0.25) is 0 Å². The first kappa shape index (κ1) is 27.5. The van der Waals surface area contributed by atoms with E-state index in [1.165, 1.54) is 25.3 Å². The number of benzene rings is 3. The first-order valence-corrected chi connectivity index (χ1v) is 12.0. The molecule has 0 atom stereocenters. The van der Waals surface area contributed by atoms with Crippen LogP contribution in [0.25, 0.3) is 6.08 Å². The fourth-order valence-corrected chi connectivity index (χ4v) is 3.92. The van der Waals surface area contributed by atoms with Crippen LogP contribution in [-0.2, 0) is 11.4 Å². The number of nitro benzene ring substituents is 1. The predicted molar refractivity (Wildman–Crippen MR) is 143 cm³/mol. The summed E-state index contributed by atoms with van der Waals surface area (Å²) in [4.78, 5) is 23.4. The molecule has 0 bridgehead atoms. The van der Waals surface area contributed by atoms with Crippen LogP contribution in [0.5, 0.6) is 17.2 Å². The number of hydrogen-bond donors (Lipinski definition) is 1. The lowest BCUT2D eigenvalue weighted by Gasteiger charge is -2.15. The highest BCUT2D eigenvalue weighted by Crippen LogP contribution is 2.38. The minimum absolute atomic E-state index is 0.0602. The van der Waals surface area contributed by atoms with E-state index in [0.29, 0.717) is 33.2 Å². The maximum Gasteiger partial charge on any atom is 0.271 e. The third kappa shape index (κ3) is 7.22. The Labute approximate surface area is 226 Å². The van der Waals surface area contributed by atoms with Crippen molar-refractivity contribution in [1.29, 1.82) is 5.26 Å². The summed E-state index contributed by atoms with van der Waals surface area (Å²) in [7, 11) is 1.36. The monoisotopic (exact) mass is 585 g/mol. The zero-order valence-corrected chi connectivity index (χ0v) is 22.1. The van der Waals surface area contributed by atoms with E-state index in [1.54, 1.807) is 24.3 Å². The maximum atomic E-state index is 12.8. The molecule has 0 aliphatic heterocycles. The normalized spacial score (nSPS) is 10.8. The molecule has 0 spiro atoms. The number of amides is 1. The highest BCUT2D eigenvalue weighted by atomic mass is 79.9. The number of nitro groups is 1. The average molecular weight is 587 g/mol. The summed E-state index contributed by atoms with van der Waals surface area (Å²) in [6.07, 6.45) is 1.37. The summed E-state index contributed by atoms with van der Waals surface area (Å²) in [5.74, 6) is 0.312. The van der Waals surface area contributed by atoms with Crippen LogP contribution in [0, 0.1) is 21.4 Å². The molecule has 0 fully saturated rings. The van der Waals surface area contributed by atoms with E-state index in [-0.39, 0.29) is 29.3 Å². The third-order valence-electron chi connectivity index (χ3n) is 4.95. The fourth-order valence-electron chi connectivity index (χ4n) is 3.22. The summed E-state index contributed by atoms with van der Waals surface area (Å²) in [5, 5.41) is 23.9. The van der Waals surface area contributed by atoms with Crippen molar-refractivity contribution in [2.24, 2.45) is 0 Å². The minimum Gasteiger partial charge on any atom is -0.495 e. The van der Waals surface area contributed by atoms with Crippen molar-refractivity contribution in [2.45, 2.75) is 13.5 Å². The van der Waals surface area contributed by atoms with Gasteiger partial charge in [0.15, 0.2) is 11.5 Å². The second-order valence-electron chi connectivity index (χ2n) is 7.44. The highest BCUT2D eigenvalue weighted by molar-refractivity contribution is 9.10. The van der Waals surface area contributed by atoms with Gasteiger partial charge < -0.3 is 19.5 Å². The van der Waals surface area contributed by atoms with E-state index in [0.717, 1.165) is 11.6 Å². The molecule has 0 aliphatic carbocycles. The number of anilines is 1. The Kier molecular flexibility index (Phi) is 9.49. The van der Waals surface area contributed by atoms with Crippen LogP contribution < -0.4 is 19.5 Å². The van der Waals surface area contributed by atoms with Gasteiger partial charge in [-0.15, -0.1) is 0 Å². The Balaban J connectivity index is 1.88. The standard InChI is InChI=1S/C26H21BrClN3O6/c1-3-36-24-12-17(11-21(27)25(24)37-15-16-4-6-19(28)7-5-16)10-18(14-29)26(32)30-22-13-20(31(33)34)8-9-23(22)35-2/h4-13H,3,15H2,1-2H3,(H,30,32)/b18-10+. The molecule has 0 aromatic heterocycles. The number of ether oxygens (including phenoxy) is 3. The summed E-state index contributed by atoms with van der Waals surface area (Å²) in [6.45, 7) is 2.44. The van der Waals surface area contributed by atoms with Crippen LogP contribution in [0.3, 0.4) is 0 Å². The number of non-ortho nitro benzene ring substituents is 1. The Hall–Kier alpha value is -4.07. The van der Waals surface area contributed by atoms with Crippen molar-refractivity contribution in [3.63, 3.8) is 0 Å². The number of methoxy groups -OCH3 is 1. The van der Waals surface area contributed by atoms with E-state index >= 15 is 0 Å². The largest absolute Gasteiger partial charge is 0.495 e. The summed E-state index contributed by atoms with van der Waals surface area (Å²) in [5.41, 5.74) is 0.982. The van der Waals surface area contributed by atoms with Crippen LogP contribution >= 0.6 is 27.5 Å². The van der Waals surface area contributed by atoms with E-state index in [9.17, 15) is 20.2 Å². The molecule has 0 saturated heterocycles. The predicted octanol–water partition coefficient (Wildman–Crippen LogP) is 6.54. The van der Waals surface area contributed by atoms with Crippen LogP contribution in [-0.4, -0.2) is 24.5 Å². The Bertz CT molecular complexity index is 1390. The second kappa shape index (κ2) is 12.8. The van der Waals surface area contributed by atoms with Gasteiger partial charge in [-0.05, 0) is 70.4 Å². The summed E-state index contributed by atoms with van der Waals surface area (Å²) >= 11 is 9.41. The third-order valence-corrected chi connectivity index (χ3v) is 5.79. The van der Waals surface area contributed by atoms with E-state index < -0.39 is 10.8 Å². The van der Waals surface area contributed by atoms with Gasteiger partial charge in [0, 0.05) is 17.2 Å². The molecule has 3 aromatic carbocycles. The first-order valence-electron chi connectivity index (χ1n) is 10.8. The number of halogens is 2. The highest BCUT2D eigenvalue weighted by Gasteiger charge is 2.18. The molecule has 3 rings (SSSR count). The number of carbonyl (C=O) groups is 1. The van der Waals surface area contributed by atoms with E-state index in [4.69, 9.17) is 25.8 Å². The molecule has 1 N–H and O–H groups in total. The molecule has 9 nitrogen and oxygen atoms in total. The van der Waals surface area contributed by atoms with Gasteiger partial charge in [-0.1, -0.05) is 23.7 Å². The van der Waals surface area contributed by atoms with Gasteiger partial charge in [-0.2, -0.15) is 5.26 Å². The van der Waals surface area contributed by atoms with Crippen molar-refractivity contribution in [3.05, 3.63) is 90.9 Å². The van der Waals surface area contributed by atoms with Gasteiger partial charge in [-0.3, -0.25) is 14.9 Å². The van der Waals surface area contributed by atoms with Crippen molar-refractivity contribution < 1.29 is 23.9 Å². The number of rotatable bonds is 10. The van der Waals surface area contributed by atoms with Crippen molar-refractivity contribution in [2.75, 3.05) is 19.0 Å². The van der Waals surface area contributed by atoms with Crippen LogP contribution in [0.1, 0.15) is 18.1 Å². The lowest BCUT2D eigenvalue weighted by Crippen LogP contribution is -2.14. The lowest BCUT2D eigenvalue weighted by atomic mass is 10.1. The molecule has 0 saturated carbocycles. The molecule has 1 amide bonds. The number of carbonyl (C=O) groups excluding carboxylic acids is 1. The lowest BCUT2D eigenvalue weighted by molar-refractivity contribution is -0.384. The molecule has 0 aliphatic rings. The molecule has 190 valence electrons. The molecule has 0 unspecified atom stereocenters. The van der Waals surface area contributed by atoms with E-state index in [1.807, 2.05) is 25.1 Å². The van der Waals surface area contributed by atoms with Gasteiger partial charge >= 0.3 is 0 Å². The summed E-state index contributed by atoms with van der Waals surface area (Å²) in [6, 6.07) is 16.2. The van der Waals surface area contributed by atoms with Crippen molar-refractivity contribution in [1.82, 2.24) is 0 Å². The Morgan fingerprint density at radius 3 is 2.51 bits per heavy atom. The molecular weight excluding hydrogens is 566 g/mol. The fraction of sp³-hybridized carbons (Fsp3) is 0.154. The first-order chi connectivity index (χ1) is 17.7. The van der Waals surface area contributed by atoms with Crippen molar-refractivity contribution >= 4 is 50.9 Å². The Morgan fingerprint density at radius 1 is 1.16 bits per heavy atom. The van der Waals surface area contributed by atoms with Crippen molar-refractivity contribution in [3.8, 4) is 23.3 Å². The zero-order valence-electron chi connectivity index (χ0n) is 19.8. The smallest absolute Gasteiger partial charge is 0.271 e. The molecule has 11 heteroatoms. The molecule has 3 aromatic rings. The van der Waals surface area contributed by atoms with Gasteiger partial charge in [0.1, 0.15) is 24.0 Å². The van der Waals surface area contributed by atoms with Gasteiger partial charge in [0.05, 0.1) is 28.8 Å². The van der Waals surface area contributed by atoms with Crippen LogP contribution in [0.4, 0.5) is 11.4 Å². The molecule has 0 heterocycles. The molecule has 37 heavy (non-hydrogen) atoms. The SMILES string of the molecule is CCOc1cc(/C=C(\C#N)C(=O)Nc2cc([N+](=O)[O-])ccc2OC)cc(Br)c1OCc1ccc(Cl)cc1. The number of nitriles is 1. The summed E-state index contributed by atoms with van der Waals surface area (Å²) < 4.78 is 17.4. The molecule has 0 radical (unpaired) electrons. The second-order valence-corrected chi connectivity index (χ2v) is 8.73. The maximum absolute atomic E-state index is 12.8. The zero-order chi connectivity index (χ0) is 26.9. The van der Waals surface area contributed by atoms with Gasteiger partial charge in [0.25, 0.3) is 11.6 Å². The molecular formula is C26H21BrClN3O6. The van der Waals surface area contributed by atoms with Crippen LogP contribution in [0.2, 0.25) is 5.02 Å². The minimum atomic E-state index is -0.765. The number of hydrogen-bond acceptors (Lipinski definition) is 7. The number of nitrogens with zero attached hydrogens (tertiary/aromatic N) is 2. The average Bonchev–Trinajstić information content (AvgIpc) is 2.87. The Morgan fingerprint density at radius 2 is 1.89 bits per heavy atom. The topological polar surface area (TPSA) is 124 Å². The van der Waals surface area contributed by atoms with Gasteiger partial charge in [-0.25, -0.2) is 0 Å².